The van der Waals surface area contributed by atoms with Crippen LogP contribution in [0.25, 0.3) is 0 Å². The van der Waals surface area contributed by atoms with Gasteiger partial charge in [-0.15, -0.1) is 0 Å². The fourth-order valence-corrected chi connectivity index (χ4v) is 1.89. The van der Waals surface area contributed by atoms with E-state index in [4.69, 9.17) is 10.5 Å². The Morgan fingerprint density at radius 2 is 1.90 bits per heavy atom. The Hall–Kier alpha value is -2.49. The largest absolute Gasteiger partial charge is 0.478 e. The lowest BCUT2D eigenvalue weighted by molar-refractivity contribution is 0.0694. The van der Waals surface area contributed by atoms with Crippen molar-refractivity contribution in [3.8, 4) is 11.5 Å². The number of para-hydroxylation sites is 1. The van der Waals surface area contributed by atoms with Crippen LogP contribution in [-0.4, -0.2) is 11.1 Å². The molecule has 0 saturated carbocycles. The van der Waals surface area contributed by atoms with Gasteiger partial charge in [-0.05, 0) is 35.7 Å². The molecule has 3 N–H and O–H groups in total. The molecule has 20 heavy (non-hydrogen) atoms. The summed E-state index contributed by atoms with van der Waals surface area (Å²) in [5, 5.41) is 9.18. The molecule has 104 valence electrons. The van der Waals surface area contributed by atoms with Crippen molar-refractivity contribution in [2.75, 3.05) is 5.73 Å². The van der Waals surface area contributed by atoms with E-state index in [1.54, 1.807) is 18.2 Å². The molecule has 0 aliphatic carbocycles. The number of nitrogens with two attached hydrogens (primary N) is 1. The van der Waals surface area contributed by atoms with Gasteiger partial charge < -0.3 is 15.6 Å². The second-order valence-electron chi connectivity index (χ2n) is 4.86. The average molecular weight is 271 g/mol. The third-order valence-corrected chi connectivity index (χ3v) is 3.02. The Balaban J connectivity index is 2.40. The highest BCUT2D eigenvalue weighted by Crippen LogP contribution is 2.32. The predicted octanol–water partition coefficient (Wildman–Crippen LogP) is 3.88. The van der Waals surface area contributed by atoms with Gasteiger partial charge in [0.1, 0.15) is 11.3 Å². The number of nitrogen functional groups attached to an aromatic ring is 1. The zero-order valence-electron chi connectivity index (χ0n) is 11.5. The minimum absolute atomic E-state index is 0.0555. The van der Waals surface area contributed by atoms with Gasteiger partial charge in [0, 0.05) is 0 Å². The first kappa shape index (κ1) is 13.9. The molecule has 0 aliphatic rings. The van der Waals surface area contributed by atoms with Crippen LogP contribution in [0.1, 0.15) is 35.7 Å². The van der Waals surface area contributed by atoms with E-state index in [-0.39, 0.29) is 11.3 Å². The molecule has 0 aliphatic heterocycles. The molecule has 2 aromatic carbocycles. The summed E-state index contributed by atoms with van der Waals surface area (Å²) < 4.78 is 5.69. The van der Waals surface area contributed by atoms with Crippen LogP contribution in [0.15, 0.2) is 42.5 Å². The van der Waals surface area contributed by atoms with E-state index in [2.05, 4.69) is 13.8 Å². The molecule has 0 amide bonds. The van der Waals surface area contributed by atoms with Gasteiger partial charge in [0.05, 0.1) is 5.69 Å². The third-order valence-electron chi connectivity index (χ3n) is 3.02. The van der Waals surface area contributed by atoms with Crippen LogP contribution in [0.2, 0.25) is 0 Å². The minimum Gasteiger partial charge on any atom is -0.478 e. The zero-order valence-corrected chi connectivity index (χ0v) is 11.5. The highest BCUT2D eigenvalue weighted by atomic mass is 16.5. The molecule has 0 radical (unpaired) electrons. The highest BCUT2D eigenvalue weighted by molar-refractivity contribution is 5.93. The van der Waals surface area contributed by atoms with Crippen molar-refractivity contribution in [1.82, 2.24) is 0 Å². The first-order valence-electron chi connectivity index (χ1n) is 6.38. The number of carbonyl (C=O) groups is 1. The summed E-state index contributed by atoms with van der Waals surface area (Å²) in [6, 6.07) is 12.2. The number of hydrogen-bond acceptors (Lipinski definition) is 3. The number of anilines is 1. The first-order valence-corrected chi connectivity index (χ1v) is 6.38. The molecule has 0 heterocycles. The quantitative estimate of drug-likeness (QED) is 0.828. The number of ether oxygens (including phenoxy) is 1. The molecule has 2 rings (SSSR count). The highest BCUT2D eigenvalue weighted by Gasteiger charge is 2.15. The molecule has 4 heteroatoms. The summed E-state index contributed by atoms with van der Waals surface area (Å²) in [7, 11) is 0. The Labute approximate surface area is 117 Å². The first-order chi connectivity index (χ1) is 9.49. The van der Waals surface area contributed by atoms with E-state index in [1.807, 2.05) is 18.2 Å². The molecule has 0 saturated heterocycles. The van der Waals surface area contributed by atoms with Crippen molar-refractivity contribution in [2.24, 2.45) is 0 Å². The molecule has 0 spiro atoms. The van der Waals surface area contributed by atoms with Gasteiger partial charge in [-0.1, -0.05) is 32.0 Å². The predicted molar refractivity (Wildman–Crippen MR) is 78.4 cm³/mol. The lowest BCUT2D eigenvalue weighted by Gasteiger charge is -2.13. The molecule has 0 aromatic heterocycles. The molecule has 0 unspecified atom stereocenters. The molecule has 2 aromatic rings. The lowest BCUT2D eigenvalue weighted by Crippen LogP contribution is -2.03. The third kappa shape index (κ3) is 2.91. The number of aromatic carboxylic acids is 1. The number of rotatable bonds is 4. The Kier molecular flexibility index (Phi) is 3.94. The lowest BCUT2D eigenvalue weighted by atomic mass is 10.0. The van der Waals surface area contributed by atoms with Crippen LogP contribution in [0.5, 0.6) is 11.5 Å². The van der Waals surface area contributed by atoms with Crippen LogP contribution in [0.3, 0.4) is 0 Å². The summed E-state index contributed by atoms with van der Waals surface area (Å²) >= 11 is 0. The Bertz CT molecular complexity index is 635. The summed E-state index contributed by atoms with van der Waals surface area (Å²) in [5.74, 6) is 0.0652. The standard InChI is InChI=1S/C16H17NO3/c1-10(2)11-5-3-6-12(9-11)20-15-13(16(18)19)7-4-8-14(15)17/h3-10H,17H2,1-2H3,(H,18,19). The van der Waals surface area contributed by atoms with Gasteiger partial charge in [-0.2, -0.15) is 0 Å². The SMILES string of the molecule is CC(C)c1cccc(Oc2c(N)cccc2C(=O)O)c1. The van der Waals surface area contributed by atoms with Crippen molar-refractivity contribution >= 4 is 11.7 Å². The summed E-state index contributed by atoms with van der Waals surface area (Å²) in [4.78, 5) is 11.2. The number of hydrogen-bond donors (Lipinski definition) is 2. The smallest absolute Gasteiger partial charge is 0.339 e. The number of carboxylic acid groups (broad SMARTS) is 1. The topological polar surface area (TPSA) is 72.5 Å². The second kappa shape index (κ2) is 5.65. The fraction of sp³-hybridized carbons (Fsp3) is 0.188. The van der Waals surface area contributed by atoms with Crippen molar-refractivity contribution in [1.29, 1.82) is 0 Å². The van der Waals surface area contributed by atoms with E-state index < -0.39 is 5.97 Å². The molecule has 0 atom stereocenters. The van der Waals surface area contributed by atoms with Gasteiger partial charge in [-0.25, -0.2) is 4.79 Å². The van der Waals surface area contributed by atoms with E-state index >= 15 is 0 Å². The van der Waals surface area contributed by atoms with Crippen LogP contribution in [0.4, 0.5) is 5.69 Å². The van der Waals surface area contributed by atoms with E-state index in [0.717, 1.165) is 5.56 Å². The second-order valence-corrected chi connectivity index (χ2v) is 4.86. The van der Waals surface area contributed by atoms with Crippen molar-refractivity contribution in [2.45, 2.75) is 19.8 Å². The molecule has 4 nitrogen and oxygen atoms in total. The Morgan fingerprint density at radius 3 is 2.55 bits per heavy atom. The number of carboxylic acids is 1. The molecule has 0 bridgehead atoms. The van der Waals surface area contributed by atoms with Gasteiger partial charge in [0.2, 0.25) is 0 Å². The molecule has 0 fully saturated rings. The van der Waals surface area contributed by atoms with Crippen LogP contribution in [-0.2, 0) is 0 Å². The molecular formula is C16H17NO3. The fourth-order valence-electron chi connectivity index (χ4n) is 1.89. The summed E-state index contributed by atoms with van der Waals surface area (Å²) in [5.41, 5.74) is 7.30. The van der Waals surface area contributed by atoms with Crippen LogP contribution < -0.4 is 10.5 Å². The maximum atomic E-state index is 11.2. The van der Waals surface area contributed by atoms with E-state index in [9.17, 15) is 9.90 Å². The summed E-state index contributed by atoms with van der Waals surface area (Å²) in [6.07, 6.45) is 0. The van der Waals surface area contributed by atoms with Crippen LogP contribution >= 0.6 is 0 Å². The van der Waals surface area contributed by atoms with Gasteiger partial charge in [0.15, 0.2) is 5.75 Å². The van der Waals surface area contributed by atoms with E-state index in [0.29, 0.717) is 17.4 Å². The monoisotopic (exact) mass is 271 g/mol. The zero-order chi connectivity index (χ0) is 14.7. The molecular weight excluding hydrogens is 254 g/mol. The van der Waals surface area contributed by atoms with Crippen molar-refractivity contribution in [3.63, 3.8) is 0 Å². The normalized spacial score (nSPS) is 10.6. The average Bonchev–Trinajstić information content (AvgIpc) is 2.41. The number of benzene rings is 2. The maximum Gasteiger partial charge on any atom is 0.339 e. The van der Waals surface area contributed by atoms with Crippen molar-refractivity contribution in [3.05, 3.63) is 53.6 Å². The van der Waals surface area contributed by atoms with Crippen LogP contribution in [0, 0.1) is 0 Å². The minimum atomic E-state index is -1.06. The van der Waals surface area contributed by atoms with Crippen molar-refractivity contribution < 1.29 is 14.6 Å². The maximum absolute atomic E-state index is 11.2. The van der Waals surface area contributed by atoms with E-state index in [1.165, 1.54) is 6.07 Å². The Morgan fingerprint density at radius 1 is 1.20 bits per heavy atom. The van der Waals surface area contributed by atoms with Gasteiger partial charge >= 0.3 is 5.97 Å². The summed E-state index contributed by atoms with van der Waals surface area (Å²) in [6.45, 7) is 4.16. The van der Waals surface area contributed by atoms with Gasteiger partial charge in [0.25, 0.3) is 0 Å². The van der Waals surface area contributed by atoms with Gasteiger partial charge in [-0.3, -0.25) is 0 Å².